The van der Waals surface area contributed by atoms with Crippen molar-refractivity contribution in [2.24, 2.45) is 5.73 Å². The lowest BCUT2D eigenvalue weighted by molar-refractivity contribution is 0.610. The summed E-state index contributed by atoms with van der Waals surface area (Å²) < 4.78 is 1.86. The van der Waals surface area contributed by atoms with Crippen LogP contribution in [0, 0.1) is 0 Å². The second-order valence-corrected chi connectivity index (χ2v) is 4.44. The molecular weight excluding hydrogens is 188 g/mol. The van der Waals surface area contributed by atoms with Gasteiger partial charge in [-0.15, -0.1) is 0 Å². The lowest BCUT2D eigenvalue weighted by Crippen LogP contribution is -2.22. The van der Waals surface area contributed by atoms with Gasteiger partial charge in [-0.25, -0.2) is 9.50 Å². The third-order valence-electron chi connectivity index (χ3n) is 3.22. The zero-order chi connectivity index (χ0) is 10.3. The summed E-state index contributed by atoms with van der Waals surface area (Å²) in [6.45, 7) is 0. The van der Waals surface area contributed by atoms with E-state index in [1.165, 1.54) is 18.4 Å². The van der Waals surface area contributed by atoms with Crippen molar-refractivity contribution in [3.05, 3.63) is 30.4 Å². The van der Waals surface area contributed by atoms with Crippen LogP contribution in [0.1, 0.15) is 24.8 Å². The summed E-state index contributed by atoms with van der Waals surface area (Å²) in [6.07, 6.45) is 9.84. The van der Waals surface area contributed by atoms with Gasteiger partial charge in [0.05, 0.1) is 11.7 Å². The highest BCUT2D eigenvalue weighted by molar-refractivity contribution is 5.52. The first-order chi connectivity index (χ1) is 7.27. The molecule has 1 aliphatic carbocycles. The van der Waals surface area contributed by atoms with E-state index in [0.717, 1.165) is 18.4 Å². The zero-order valence-corrected chi connectivity index (χ0v) is 8.56. The Balaban J connectivity index is 1.84. The molecule has 0 bridgehead atoms. The topological polar surface area (TPSA) is 56.2 Å². The monoisotopic (exact) mass is 202 g/mol. The highest BCUT2D eigenvalue weighted by Crippen LogP contribution is 2.36. The van der Waals surface area contributed by atoms with Crippen LogP contribution in [-0.4, -0.2) is 20.1 Å². The summed E-state index contributed by atoms with van der Waals surface area (Å²) in [6, 6.07) is 2.11. The molecule has 4 heteroatoms. The summed E-state index contributed by atoms with van der Waals surface area (Å²) in [5.41, 5.74) is 8.60. The number of fused-ring (bicyclic) bond motifs is 1. The van der Waals surface area contributed by atoms with Gasteiger partial charge in [0.25, 0.3) is 0 Å². The van der Waals surface area contributed by atoms with Crippen LogP contribution in [0.4, 0.5) is 0 Å². The number of rotatable bonds is 3. The van der Waals surface area contributed by atoms with Crippen molar-refractivity contribution in [3.8, 4) is 0 Å². The minimum Gasteiger partial charge on any atom is -0.325 e. The number of hydrogen-bond donors (Lipinski definition) is 1. The van der Waals surface area contributed by atoms with E-state index in [1.54, 1.807) is 6.33 Å². The summed E-state index contributed by atoms with van der Waals surface area (Å²) in [4.78, 5) is 4.04. The quantitative estimate of drug-likeness (QED) is 0.812. The van der Waals surface area contributed by atoms with Gasteiger partial charge in [-0.2, -0.15) is 5.10 Å². The maximum absolute atomic E-state index is 6.07. The standard InChI is InChI=1S/C11H14N4/c12-11(4-5-11)3-1-9-2-6-15-10(9)7-13-8-14-15/h2,6-8H,1,3-5,12H2. The van der Waals surface area contributed by atoms with Gasteiger partial charge >= 0.3 is 0 Å². The molecule has 15 heavy (non-hydrogen) atoms. The van der Waals surface area contributed by atoms with Crippen LogP contribution in [0.3, 0.4) is 0 Å². The van der Waals surface area contributed by atoms with Crippen LogP contribution < -0.4 is 5.73 Å². The van der Waals surface area contributed by atoms with E-state index in [9.17, 15) is 0 Å². The molecule has 1 aliphatic rings. The van der Waals surface area contributed by atoms with Gasteiger partial charge in [0.2, 0.25) is 0 Å². The molecule has 0 amide bonds. The minimum absolute atomic E-state index is 0.129. The third-order valence-corrected chi connectivity index (χ3v) is 3.22. The molecule has 4 nitrogen and oxygen atoms in total. The highest BCUT2D eigenvalue weighted by Gasteiger charge is 2.37. The van der Waals surface area contributed by atoms with Crippen molar-refractivity contribution in [1.29, 1.82) is 0 Å². The Labute approximate surface area is 88.1 Å². The van der Waals surface area contributed by atoms with E-state index < -0.39 is 0 Å². The Hall–Kier alpha value is -1.42. The number of aromatic nitrogens is 3. The van der Waals surface area contributed by atoms with Crippen LogP contribution in [0.2, 0.25) is 0 Å². The average Bonchev–Trinajstić information content (AvgIpc) is 2.86. The normalized spacial score (nSPS) is 18.2. The van der Waals surface area contributed by atoms with Gasteiger partial charge in [0, 0.05) is 11.7 Å². The average molecular weight is 202 g/mol. The van der Waals surface area contributed by atoms with Crippen LogP contribution >= 0.6 is 0 Å². The Bertz CT molecular complexity index is 484. The predicted molar refractivity (Wildman–Crippen MR) is 57.5 cm³/mol. The summed E-state index contributed by atoms with van der Waals surface area (Å²) in [5, 5.41) is 4.14. The van der Waals surface area contributed by atoms with Gasteiger partial charge < -0.3 is 5.73 Å². The van der Waals surface area contributed by atoms with Gasteiger partial charge in [0.15, 0.2) is 0 Å². The molecule has 0 saturated heterocycles. The van der Waals surface area contributed by atoms with Crippen molar-refractivity contribution in [1.82, 2.24) is 14.6 Å². The fourth-order valence-corrected chi connectivity index (χ4v) is 1.91. The Kier molecular flexibility index (Phi) is 1.79. The molecule has 2 N–H and O–H groups in total. The van der Waals surface area contributed by atoms with Crippen LogP contribution in [0.25, 0.3) is 5.52 Å². The summed E-state index contributed by atoms with van der Waals surface area (Å²) >= 11 is 0. The van der Waals surface area contributed by atoms with E-state index in [2.05, 4.69) is 16.1 Å². The lowest BCUT2D eigenvalue weighted by atomic mass is 10.1. The molecule has 3 rings (SSSR count). The SMILES string of the molecule is NC1(CCc2ccn3ncncc23)CC1. The van der Waals surface area contributed by atoms with Crippen molar-refractivity contribution < 1.29 is 0 Å². The van der Waals surface area contributed by atoms with Crippen molar-refractivity contribution in [2.75, 3.05) is 0 Å². The van der Waals surface area contributed by atoms with Crippen molar-refractivity contribution >= 4 is 5.52 Å². The Morgan fingerprint density at radius 1 is 1.47 bits per heavy atom. The maximum atomic E-state index is 6.07. The van der Waals surface area contributed by atoms with E-state index >= 15 is 0 Å². The minimum atomic E-state index is 0.129. The molecular formula is C11H14N4. The lowest BCUT2D eigenvalue weighted by Gasteiger charge is -2.06. The first kappa shape index (κ1) is 8.85. The highest BCUT2D eigenvalue weighted by atomic mass is 15.2. The van der Waals surface area contributed by atoms with E-state index in [4.69, 9.17) is 5.73 Å². The molecule has 0 aliphatic heterocycles. The fraction of sp³-hybridized carbons (Fsp3) is 0.455. The fourth-order valence-electron chi connectivity index (χ4n) is 1.91. The first-order valence-electron chi connectivity index (χ1n) is 5.32. The van der Waals surface area contributed by atoms with Gasteiger partial charge in [-0.1, -0.05) is 0 Å². The molecule has 2 heterocycles. The molecule has 1 fully saturated rings. The van der Waals surface area contributed by atoms with Crippen molar-refractivity contribution in [3.63, 3.8) is 0 Å². The number of nitrogens with zero attached hydrogens (tertiary/aromatic N) is 3. The number of nitrogens with two attached hydrogens (primary N) is 1. The van der Waals surface area contributed by atoms with Crippen LogP contribution in [-0.2, 0) is 6.42 Å². The molecule has 0 unspecified atom stereocenters. The van der Waals surface area contributed by atoms with Crippen LogP contribution in [0.15, 0.2) is 24.8 Å². The maximum Gasteiger partial charge on any atom is 0.136 e. The van der Waals surface area contributed by atoms with E-state index in [-0.39, 0.29) is 5.54 Å². The van der Waals surface area contributed by atoms with E-state index in [1.807, 2.05) is 16.9 Å². The largest absolute Gasteiger partial charge is 0.325 e. The van der Waals surface area contributed by atoms with Gasteiger partial charge in [-0.05, 0) is 37.3 Å². The smallest absolute Gasteiger partial charge is 0.136 e. The van der Waals surface area contributed by atoms with Crippen LogP contribution in [0.5, 0.6) is 0 Å². The molecule has 0 radical (unpaired) electrons. The molecule has 2 aromatic rings. The molecule has 0 spiro atoms. The Morgan fingerprint density at radius 2 is 2.33 bits per heavy atom. The van der Waals surface area contributed by atoms with Crippen molar-refractivity contribution in [2.45, 2.75) is 31.2 Å². The molecule has 1 saturated carbocycles. The summed E-state index contributed by atoms with van der Waals surface area (Å²) in [5.74, 6) is 0. The number of aryl methyl sites for hydroxylation is 1. The molecule has 2 aromatic heterocycles. The molecule has 0 aromatic carbocycles. The molecule has 78 valence electrons. The predicted octanol–water partition coefficient (Wildman–Crippen LogP) is 1.15. The van der Waals surface area contributed by atoms with Gasteiger partial charge in [0.1, 0.15) is 6.33 Å². The second-order valence-electron chi connectivity index (χ2n) is 4.44. The third kappa shape index (κ3) is 1.61. The van der Waals surface area contributed by atoms with Gasteiger partial charge in [-0.3, -0.25) is 0 Å². The van der Waals surface area contributed by atoms with E-state index in [0.29, 0.717) is 0 Å². The second kappa shape index (κ2) is 3.03. The first-order valence-corrected chi connectivity index (χ1v) is 5.32. The Morgan fingerprint density at radius 3 is 3.13 bits per heavy atom. The molecule has 0 atom stereocenters. The zero-order valence-electron chi connectivity index (χ0n) is 8.56. The summed E-state index contributed by atoms with van der Waals surface area (Å²) in [7, 11) is 0. The number of hydrogen-bond acceptors (Lipinski definition) is 3.